The Labute approximate surface area is 119 Å². The molecule has 1 fully saturated rings. The minimum Gasteiger partial charge on any atom is -0.381 e. The molecule has 1 saturated carbocycles. The van der Waals surface area contributed by atoms with Crippen LogP contribution >= 0.6 is 23.2 Å². The molecule has 2 nitrogen and oxygen atoms in total. The monoisotopic (exact) mass is 287 g/mol. The fraction of sp³-hybridized carbons (Fsp3) is 0.571. The van der Waals surface area contributed by atoms with E-state index in [2.05, 4.69) is 12.2 Å². The van der Waals surface area contributed by atoms with E-state index in [4.69, 9.17) is 27.9 Å². The van der Waals surface area contributed by atoms with E-state index < -0.39 is 0 Å². The van der Waals surface area contributed by atoms with Crippen molar-refractivity contribution >= 4 is 23.2 Å². The summed E-state index contributed by atoms with van der Waals surface area (Å²) in [5.74, 6) is 0. The first-order valence-corrected chi connectivity index (χ1v) is 7.10. The van der Waals surface area contributed by atoms with Crippen molar-refractivity contribution in [3.8, 4) is 0 Å². The third-order valence-corrected chi connectivity index (χ3v) is 4.49. The van der Waals surface area contributed by atoms with Gasteiger partial charge in [-0.3, -0.25) is 0 Å². The summed E-state index contributed by atoms with van der Waals surface area (Å²) < 4.78 is 5.38. The average molecular weight is 288 g/mol. The van der Waals surface area contributed by atoms with E-state index in [1.54, 1.807) is 7.11 Å². The lowest BCUT2D eigenvalue weighted by molar-refractivity contribution is 0.106. The molecule has 3 atom stereocenters. The zero-order valence-electron chi connectivity index (χ0n) is 10.7. The first-order chi connectivity index (χ1) is 8.61. The molecular weight excluding hydrogens is 269 g/mol. The molecule has 0 amide bonds. The number of benzene rings is 1. The molecule has 0 radical (unpaired) electrons. The number of methoxy groups -OCH3 is 1. The summed E-state index contributed by atoms with van der Waals surface area (Å²) in [4.78, 5) is 0. The van der Waals surface area contributed by atoms with E-state index >= 15 is 0 Å². The highest BCUT2D eigenvalue weighted by Gasteiger charge is 2.26. The Morgan fingerprint density at radius 3 is 2.78 bits per heavy atom. The predicted molar refractivity (Wildman–Crippen MR) is 76.4 cm³/mol. The van der Waals surface area contributed by atoms with E-state index in [1.165, 1.54) is 0 Å². The Morgan fingerprint density at radius 2 is 2.11 bits per heavy atom. The van der Waals surface area contributed by atoms with Crippen LogP contribution in [0.5, 0.6) is 0 Å². The van der Waals surface area contributed by atoms with Gasteiger partial charge in [-0.25, -0.2) is 0 Å². The van der Waals surface area contributed by atoms with Crippen molar-refractivity contribution in [3.05, 3.63) is 33.8 Å². The number of hydrogen-bond donors (Lipinski definition) is 1. The molecule has 0 aliphatic heterocycles. The number of rotatable bonds is 4. The van der Waals surface area contributed by atoms with Crippen molar-refractivity contribution in [2.24, 2.45) is 0 Å². The van der Waals surface area contributed by atoms with E-state index in [-0.39, 0.29) is 6.04 Å². The molecular formula is C14H19Cl2NO. The molecule has 1 aromatic rings. The van der Waals surface area contributed by atoms with E-state index in [0.717, 1.165) is 24.8 Å². The van der Waals surface area contributed by atoms with Crippen molar-refractivity contribution in [1.29, 1.82) is 0 Å². The van der Waals surface area contributed by atoms with Gasteiger partial charge in [0, 0.05) is 19.2 Å². The fourth-order valence-corrected chi connectivity index (χ4v) is 3.08. The summed E-state index contributed by atoms with van der Waals surface area (Å²) in [5, 5.41) is 4.87. The summed E-state index contributed by atoms with van der Waals surface area (Å²) in [5.41, 5.74) is 1.06. The summed E-state index contributed by atoms with van der Waals surface area (Å²) in [6, 6.07) is 6.48. The number of hydrogen-bond acceptors (Lipinski definition) is 2. The van der Waals surface area contributed by atoms with Gasteiger partial charge in [-0.1, -0.05) is 35.3 Å². The highest BCUT2D eigenvalue weighted by atomic mass is 35.5. The highest BCUT2D eigenvalue weighted by Crippen LogP contribution is 2.31. The van der Waals surface area contributed by atoms with E-state index in [1.807, 2.05) is 18.2 Å². The average Bonchev–Trinajstić information content (AvgIpc) is 2.80. The lowest BCUT2D eigenvalue weighted by atomic mass is 10.1. The Kier molecular flexibility index (Phi) is 4.91. The first-order valence-electron chi connectivity index (χ1n) is 6.34. The van der Waals surface area contributed by atoms with Crippen LogP contribution in [-0.4, -0.2) is 19.3 Å². The van der Waals surface area contributed by atoms with Crippen molar-refractivity contribution in [2.45, 2.75) is 44.4 Å². The predicted octanol–water partition coefficient (Wildman–Crippen LogP) is 4.21. The van der Waals surface area contributed by atoms with Crippen LogP contribution in [0.2, 0.25) is 10.0 Å². The lowest BCUT2D eigenvalue weighted by Gasteiger charge is -2.21. The molecule has 1 N–H and O–H groups in total. The van der Waals surface area contributed by atoms with Crippen molar-refractivity contribution < 1.29 is 4.74 Å². The molecule has 0 saturated heterocycles. The molecule has 0 heterocycles. The van der Waals surface area contributed by atoms with Gasteiger partial charge in [-0.05, 0) is 37.8 Å². The first kappa shape index (κ1) is 14.1. The summed E-state index contributed by atoms with van der Waals surface area (Å²) >= 11 is 12.3. The minimum atomic E-state index is 0.205. The molecule has 1 aliphatic carbocycles. The Bertz CT molecular complexity index is 411. The van der Waals surface area contributed by atoms with E-state index in [0.29, 0.717) is 22.2 Å². The summed E-state index contributed by atoms with van der Waals surface area (Å²) in [6.45, 7) is 2.12. The van der Waals surface area contributed by atoms with Crippen LogP contribution in [0.3, 0.4) is 0 Å². The molecule has 0 bridgehead atoms. The van der Waals surface area contributed by atoms with Crippen molar-refractivity contribution in [2.75, 3.05) is 7.11 Å². The van der Waals surface area contributed by atoms with Gasteiger partial charge in [0.15, 0.2) is 0 Å². The Balaban J connectivity index is 2.00. The standard InChI is InChI=1S/C14H19Cl2NO/c1-9(12-4-3-5-13(15)14(12)16)17-10-6-7-11(8-10)18-2/h3-5,9-11,17H,6-8H2,1-2H3. The van der Waals surface area contributed by atoms with Gasteiger partial charge >= 0.3 is 0 Å². The zero-order valence-corrected chi connectivity index (χ0v) is 12.3. The van der Waals surface area contributed by atoms with Crippen LogP contribution < -0.4 is 5.32 Å². The smallest absolute Gasteiger partial charge is 0.0639 e. The van der Waals surface area contributed by atoms with Gasteiger partial charge in [0.2, 0.25) is 0 Å². The molecule has 3 unspecified atom stereocenters. The molecule has 1 aliphatic rings. The summed E-state index contributed by atoms with van der Waals surface area (Å²) in [7, 11) is 1.78. The normalized spacial score (nSPS) is 25.3. The zero-order chi connectivity index (χ0) is 13.1. The van der Waals surface area contributed by atoms with Crippen LogP contribution in [0.1, 0.15) is 37.8 Å². The van der Waals surface area contributed by atoms with E-state index in [9.17, 15) is 0 Å². The molecule has 100 valence electrons. The van der Waals surface area contributed by atoms with Crippen molar-refractivity contribution in [1.82, 2.24) is 5.32 Å². The van der Waals surface area contributed by atoms with Crippen LogP contribution in [0.4, 0.5) is 0 Å². The van der Waals surface area contributed by atoms with Gasteiger partial charge in [0.05, 0.1) is 16.1 Å². The number of halogens is 2. The molecule has 0 spiro atoms. The fourth-order valence-electron chi connectivity index (χ4n) is 2.60. The molecule has 0 aromatic heterocycles. The SMILES string of the molecule is COC1CCC(NC(C)c2cccc(Cl)c2Cl)C1. The van der Waals surface area contributed by atoms with Gasteiger partial charge in [0.1, 0.15) is 0 Å². The molecule has 18 heavy (non-hydrogen) atoms. The number of nitrogens with one attached hydrogen (secondary N) is 1. The second-order valence-corrected chi connectivity index (χ2v) is 5.68. The molecule has 4 heteroatoms. The summed E-state index contributed by atoms with van der Waals surface area (Å²) in [6.07, 6.45) is 3.74. The van der Waals surface area contributed by atoms with Gasteiger partial charge in [-0.2, -0.15) is 0 Å². The second kappa shape index (κ2) is 6.25. The maximum atomic E-state index is 6.23. The topological polar surface area (TPSA) is 21.3 Å². The lowest BCUT2D eigenvalue weighted by Crippen LogP contribution is -2.30. The van der Waals surface area contributed by atoms with Crippen LogP contribution in [0, 0.1) is 0 Å². The minimum absolute atomic E-state index is 0.205. The van der Waals surface area contributed by atoms with Crippen LogP contribution in [-0.2, 0) is 4.74 Å². The maximum absolute atomic E-state index is 6.23. The largest absolute Gasteiger partial charge is 0.381 e. The third kappa shape index (κ3) is 3.18. The van der Waals surface area contributed by atoms with Crippen molar-refractivity contribution in [3.63, 3.8) is 0 Å². The van der Waals surface area contributed by atoms with Crippen LogP contribution in [0.15, 0.2) is 18.2 Å². The van der Waals surface area contributed by atoms with Gasteiger partial charge < -0.3 is 10.1 Å². The van der Waals surface area contributed by atoms with Gasteiger partial charge in [0.25, 0.3) is 0 Å². The third-order valence-electron chi connectivity index (χ3n) is 3.65. The Hall–Kier alpha value is -0.280. The van der Waals surface area contributed by atoms with Crippen LogP contribution in [0.25, 0.3) is 0 Å². The second-order valence-electron chi connectivity index (χ2n) is 4.90. The highest BCUT2D eigenvalue weighted by molar-refractivity contribution is 6.42. The van der Waals surface area contributed by atoms with Gasteiger partial charge in [-0.15, -0.1) is 0 Å². The quantitative estimate of drug-likeness (QED) is 0.896. The maximum Gasteiger partial charge on any atom is 0.0639 e. The molecule has 2 rings (SSSR count). The number of ether oxygens (including phenoxy) is 1. The Morgan fingerprint density at radius 1 is 1.33 bits per heavy atom. The molecule has 1 aromatic carbocycles.